The second kappa shape index (κ2) is 3.24. The Hall–Kier alpha value is -0.240. The van der Waals surface area contributed by atoms with E-state index in [0.29, 0.717) is 12.0 Å². The van der Waals surface area contributed by atoms with Gasteiger partial charge in [0.1, 0.15) is 5.88 Å². The smallest absolute Gasteiger partial charge is 0.235 e. The van der Waals surface area contributed by atoms with E-state index in [1.807, 2.05) is 6.92 Å². The maximum atomic E-state index is 10.7. The zero-order valence-corrected chi connectivity index (χ0v) is 6.82. The fourth-order valence-electron chi connectivity index (χ4n) is 1.01. The summed E-state index contributed by atoms with van der Waals surface area (Å²) < 4.78 is 0. The van der Waals surface area contributed by atoms with Crippen molar-refractivity contribution in [2.75, 3.05) is 5.88 Å². The minimum atomic E-state index is -0.0546. The van der Waals surface area contributed by atoms with Crippen LogP contribution in [0.5, 0.6) is 0 Å². The average Bonchev–Trinajstić information content (AvgIpc) is 2.68. The summed E-state index contributed by atoms with van der Waals surface area (Å²) in [6, 6.07) is 0.325. The summed E-state index contributed by atoms with van der Waals surface area (Å²) in [6.07, 6.45) is 2.51. The largest absolute Gasteiger partial charge is 0.352 e. The first kappa shape index (κ1) is 7.86. The second-order valence-electron chi connectivity index (χ2n) is 2.83. The van der Waals surface area contributed by atoms with Crippen LogP contribution in [0.15, 0.2) is 0 Å². The van der Waals surface area contributed by atoms with Gasteiger partial charge in [-0.25, -0.2) is 0 Å². The number of hydrogen-bond acceptors (Lipinski definition) is 1. The van der Waals surface area contributed by atoms with Crippen LogP contribution in [0, 0.1) is 5.92 Å². The molecule has 1 aliphatic carbocycles. The quantitative estimate of drug-likeness (QED) is 0.618. The van der Waals surface area contributed by atoms with E-state index in [4.69, 9.17) is 11.6 Å². The Labute approximate surface area is 65.9 Å². The van der Waals surface area contributed by atoms with Gasteiger partial charge in [-0.1, -0.05) is 0 Å². The first-order valence-electron chi connectivity index (χ1n) is 3.59. The lowest BCUT2D eigenvalue weighted by Crippen LogP contribution is -2.34. The molecule has 58 valence electrons. The number of amides is 1. The normalized spacial score (nSPS) is 20.2. The molecule has 10 heavy (non-hydrogen) atoms. The summed E-state index contributed by atoms with van der Waals surface area (Å²) >= 11 is 5.31. The molecule has 1 rings (SSSR count). The Bertz CT molecular complexity index is 134. The number of carbonyl (C=O) groups is 1. The fraction of sp³-hybridized carbons (Fsp3) is 0.857. The zero-order chi connectivity index (χ0) is 7.56. The van der Waals surface area contributed by atoms with Crippen LogP contribution in [0.4, 0.5) is 0 Å². The summed E-state index contributed by atoms with van der Waals surface area (Å²) in [5.74, 6) is 0.741. The van der Waals surface area contributed by atoms with Crippen LogP contribution in [-0.2, 0) is 4.79 Å². The van der Waals surface area contributed by atoms with Gasteiger partial charge in [0.25, 0.3) is 0 Å². The molecule has 2 nitrogen and oxygen atoms in total. The number of nitrogens with one attached hydrogen (secondary N) is 1. The molecule has 3 heteroatoms. The lowest BCUT2D eigenvalue weighted by Gasteiger charge is -2.10. The van der Waals surface area contributed by atoms with E-state index in [0.717, 1.165) is 0 Å². The number of halogens is 1. The molecule has 0 aromatic carbocycles. The molecule has 0 aliphatic heterocycles. The van der Waals surface area contributed by atoms with Gasteiger partial charge >= 0.3 is 0 Å². The number of hydrogen-bond donors (Lipinski definition) is 1. The average molecular weight is 162 g/mol. The van der Waals surface area contributed by atoms with Crippen LogP contribution >= 0.6 is 11.6 Å². The van der Waals surface area contributed by atoms with Crippen molar-refractivity contribution in [1.29, 1.82) is 0 Å². The minimum Gasteiger partial charge on any atom is -0.352 e. The maximum Gasteiger partial charge on any atom is 0.235 e. The molecule has 0 aromatic rings. The highest BCUT2D eigenvalue weighted by atomic mass is 35.5. The number of carbonyl (C=O) groups excluding carboxylic acids is 1. The van der Waals surface area contributed by atoms with Gasteiger partial charge < -0.3 is 5.32 Å². The van der Waals surface area contributed by atoms with Crippen LogP contribution < -0.4 is 5.32 Å². The third-order valence-electron chi connectivity index (χ3n) is 1.84. The third kappa shape index (κ3) is 2.18. The highest BCUT2D eigenvalue weighted by molar-refractivity contribution is 6.27. The monoisotopic (exact) mass is 161 g/mol. The fourth-order valence-corrected chi connectivity index (χ4v) is 1.08. The standard InChI is InChI=1S/C7H12ClNO/c1-5(6-2-3-6)9-7(10)4-8/h5-6H,2-4H2,1H3,(H,9,10)/t5-/m0/s1. The molecule has 0 spiro atoms. The Morgan fingerprint density at radius 2 is 2.40 bits per heavy atom. The molecular weight excluding hydrogens is 150 g/mol. The molecule has 1 amide bonds. The van der Waals surface area contributed by atoms with E-state index >= 15 is 0 Å². The predicted molar refractivity (Wildman–Crippen MR) is 41.0 cm³/mol. The highest BCUT2D eigenvalue weighted by Crippen LogP contribution is 2.32. The molecule has 1 N–H and O–H groups in total. The molecule has 0 radical (unpaired) electrons. The lowest BCUT2D eigenvalue weighted by atomic mass is 10.2. The lowest BCUT2D eigenvalue weighted by molar-refractivity contribution is -0.119. The second-order valence-corrected chi connectivity index (χ2v) is 3.09. The summed E-state index contributed by atoms with van der Waals surface area (Å²) in [7, 11) is 0. The molecule has 1 saturated carbocycles. The highest BCUT2D eigenvalue weighted by Gasteiger charge is 2.28. The molecule has 1 atom stereocenters. The van der Waals surface area contributed by atoms with Crippen molar-refractivity contribution < 1.29 is 4.79 Å². The van der Waals surface area contributed by atoms with E-state index in [2.05, 4.69) is 5.32 Å². The van der Waals surface area contributed by atoms with Gasteiger partial charge in [-0.2, -0.15) is 0 Å². The number of alkyl halides is 1. The van der Waals surface area contributed by atoms with E-state index in [1.165, 1.54) is 12.8 Å². The SMILES string of the molecule is C[C@H](NC(=O)CCl)C1CC1. The molecule has 0 unspecified atom stereocenters. The summed E-state index contributed by atoms with van der Waals surface area (Å²) in [6.45, 7) is 2.03. The van der Waals surface area contributed by atoms with Crippen molar-refractivity contribution in [3.63, 3.8) is 0 Å². The van der Waals surface area contributed by atoms with Crippen molar-refractivity contribution in [2.24, 2.45) is 5.92 Å². The molecule has 0 bridgehead atoms. The molecule has 0 heterocycles. The zero-order valence-electron chi connectivity index (χ0n) is 6.06. The van der Waals surface area contributed by atoms with E-state index in [-0.39, 0.29) is 11.8 Å². The van der Waals surface area contributed by atoms with Gasteiger partial charge in [0.15, 0.2) is 0 Å². The molecule has 0 aromatic heterocycles. The Morgan fingerprint density at radius 1 is 1.80 bits per heavy atom. The van der Waals surface area contributed by atoms with Gasteiger partial charge in [-0.3, -0.25) is 4.79 Å². The van der Waals surface area contributed by atoms with E-state index < -0.39 is 0 Å². The first-order valence-corrected chi connectivity index (χ1v) is 4.13. The van der Waals surface area contributed by atoms with Crippen LogP contribution in [0.2, 0.25) is 0 Å². The summed E-state index contributed by atoms with van der Waals surface area (Å²) in [4.78, 5) is 10.7. The molecule has 1 fully saturated rings. The van der Waals surface area contributed by atoms with Gasteiger partial charge in [-0.05, 0) is 25.7 Å². The van der Waals surface area contributed by atoms with Crippen LogP contribution in [0.25, 0.3) is 0 Å². The summed E-state index contributed by atoms with van der Waals surface area (Å²) in [5, 5.41) is 2.82. The Balaban J connectivity index is 2.16. The van der Waals surface area contributed by atoms with Gasteiger partial charge in [0.05, 0.1) is 0 Å². The van der Waals surface area contributed by atoms with E-state index in [9.17, 15) is 4.79 Å². The first-order chi connectivity index (χ1) is 4.74. The molecule has 0 saturated heterocycles. The Morgan fingerprint density at radius 3 is 2.80 bits per heavy atom. The van der Waals surface area contributed by atoms with Crippen molar-refractivity contribution in [1.82, 2.24) is 5.32 Å². The van der Waals surface area contributed by atoms with Gasteiger partial charge in [-0.15, -0.1) is 11.6 Å². The van der Waals surface area contributed by atoms with Crippen molar-refractivity contribution in [2.45, 2.75) is 25.8 Å². The van der Waals surface area contributed by atoms with Crippen molar-refractivity contribution in [3.05, 3.63) is 0 Å². The van der Waals surface area contributed by atoms with Crippen LogP contribution in [0.1, 0.15) is 19.8 Å². The van der Waals surface area contributed by atoms with Gasteiger partial charge in [0.2, 0.25) is 5.91 Å². The minimum absolute atomic E-state index is 0.0546. The third-order valence-corrected chi connectivity index (χ3v) is 2.08. The summed E-state index contributed by atoms with van der Waals surface area (Å²) in [5.41, 5.74) is 0. The molecular formula is C7H12ClNO. The number of rotatable bonds is 3. The Kier molecular flexibility index (Phi) is 2.55. The van der Waals surface area contributed by atoms with E-state index in [1.54, 1.807) is 0 Å². The van der Waals surface area contributed by atoms with Crippen molar-refractivity contribution >= 4 is 17.5 Å². The van der Waals surface area contributed by atoms with Crippen LogP contribution in [-0.4, -0.2) is 17.8 Å². The maximum absolute atomic E-state index is 10.7. The van der Waals surface area contributed by atoms with Crippen LogP contribution in [0.3, 0.4) is 0 Å². The predicted octanol–water partition coefficient (Wildman–Crippen LogP) is 1.14. The molecule has 1 aliphatic rings. The van der Waals surface area contributed by atoms with Crippen molar-refractivity contribution in [3.8, 4) is 0 Å². The topological polar surface area (TPSA) is 29.1 Å². The van der Waals surface area contributed by atoms with Gasteiger partial charge in [0, 0.05) is 6.04 Å².